The molecule has 0 saturated heterocycles. The van der Waals surface area contributed by atoms with Gasteiger partial charge >= 0.3 is 0 Å². The number of carbonyl (C=O) groups excluding carboxylic acids is 1. The second-order valence-corrected chi connectivity index (χ2v) is 4.57. The fourth-order valence-electron chi connectivity index (χ4n) is 2.02. The topological polar surface area (TPSA) is 53.4 Å². The van der Waals surface area contributed by atoms with Crippen LogP contribution >= 0.6 is 0 Å². The molecule has 4 nitrogen and oxygen atoms in total. The van der Waals surface area contributed by atoms with Gasteiger partial charge in [0.1, 0.15) is 5.75 Å². The van der Waals surface area contributed by atoms with Gasteiger partial charge in [-0.2, -0.15) is 0 Å². The van der Waals surface area contributed by atoms with Gasteiger partial charge in [0.15, 0.2) is 0 Å². The summed E-state index contributed by atoms with van der Waals surface area (Å²) in [4.78, 5) is 18.0. The Morgan fingerprint density at radius 2 is 1.90 bits per heavy atom. The number of phenolic OH excluding ortho intramolecular Hbond substituents is 1. The lowest BCUT2D eigenvalue weighted by atomic mass is 10.1. The van der Waals surface area contributed by atoms with Crippen molar-refractivity contribution in [3.8, 4) is 5.75 Å². The highest BCUT2D eigenvalue weighted by atomic mass is 16.3. The Labute approximate surface area is 118 Å². The smallest absolute Gasteiger partial charge is 0.227 e. The number of carbonyl (C=O) groups is 1. The predicted molar refractivity (Wildman–Crippen MR) is 77.1 cm³/mol. The second-order valence-electron chi connectivity index (χ2n) is 4.57. The van der Waals surface area contributed by atoms with Crippen LogP contribution in [0.4, 0.5) is 0 Å². The molecule has 4 heteroatoms. The molecule has 2 aromatic rings. The third kappa shape index (κ3) is 3.57. The maximum absolute atomic E-state index is 12.3. The molecular weight excluding hydrogens is 252 g/mol. The van der Waals surface area contributed by atoms with Crippen LogP contribution in [-0.4, -0.2) is 27.4 Å². The summed E-state index contributed by atoms with van der Waals surface area (Å²) >= 11 is 0. The van der Waals surface area contributed by atoms with Crippen molar-refractivity contribution in [3.63, 3.8) is 0 Å². The summed E-state index contributed by atoms with van der Waals surface area (Å²) in [7, 11) is 0. The summed E-state index contributed by atoms with van der Waals surface area (Å²) in [6.45, 7) is 3.14. The minimum Gasteiger partial charge on any atom is -0.508 e. The Morgan fingerprint density at radius 3 is 2.55 bits per heavy atom. The Hall–Kier alpha value is -2.36. The number of aromatic nitrogens is 1. The summed E-state index contributed by atoms with van der Waals surface area (Å²) in [6, 6.07) is 10.7. The molecule has 1 N–H and O–H groups in total. The number of hydrogen-bond acceptors (Lipinski definition) is 3. The first-order valence-electron chi connectivity index (χ1n) is 6.64. The van der Waals surface area contributed by atoms with E-state index in [-0.39, 0.29) is 18.1 Å². The summed E-state index contributed by atoms with van der Waals surface area (Å²) in [6.07, 6.45) is 3.65. The van der Waals surface area contributed by atoms with Gasteiger partial charge in [-0.1, -0.05) is 18.2 Å². The van der Waals surface area contributed by atoms with Gasteiger partial charge in [-0.3, -0.25) is 9.78 Å². The van der Waals surface area contributed by atoms with E-state index in [0.29, 0.717) is 18.7 Å². The van der Waals surface area contributed by atoms with E-state index in [1.54, 1.807) is 35.5 Å². The molecular formula is C16H18N2O2. The number of para-hydroxylation sites is 1. The van der Waals surface area contributed by atoms with Crippen molar-refractivity contribution < 1.29 is 9.90 Å². The average molecular weight is 270 g/mol. The van der Waals surface area contributed by atoms with Gasteiger partial charge in [0.05, 0.1) is 6.42 Å². The predicted octanol–water partition coefficient (Wildman–Crippen LogP) is 2.38. The molecule has 0 unspecified atom stereocenters. The standard InChI is InChI=1S/C16H18N2O2/c1-2-18(12-13-7-9-17-10-8-13)16(20)11-14-5-3-4-6-15(14)19/h3-10,19H,2,11-12H2,1H3. The number of rotatable bonds is 5. The fraction of sp³-hybridized carbons (Fsp3) is 0.250. The maximum Gasteiger partial charge on any atom is 0.227 e. The zero-order valence-electron chi connectivity index (χ0n) is 11.5. The Kier molecular flexibility index (Phi) is 4.71. The minimum atomic E-state index is 0.00538. The average Bonchev–Trinajstić information content (AvgIpc) is 2.48. The lowest BCUT2D eigenvalue weighted by Crippen LogP contribution is -2.31. The number of hydrogen-bond donors (Lipinski definition) is 1. The molecule has 0 aliphatic rings. The van der Waals surface area contributed by atoms with E-state index in [4.69, 9.17) is 0 Å². The van der Waals surface area contributed by atoms with Crippen molar-refractivity contribution in [2.45, 2.75) is 19.9 Å². The van der Waals surface area contributed by atoms with Gasteiger partial charge in [-0.25, -0.2) is 0 Å². The van der Waals surface area contributed by atoms with Crippen LogP contribution in [-0.2, 0) is 17.8 Å². The highest BCUT2D eigenvalue weighted by Crippen LogP contribution is 2.17. The van der Waals surface area contributed by atoms with Crippen molar-refractivity contribution >= 4 is 5.91 Å². The fourth-order valence-corrected chi connectivity index (χ4v) is 2.02. The highest BCUT2D eigenvalue weighted by molar-refractivity contribution is 5.79. The number of benzene rings is 1. The first-order chi connectivity index (χ1) is 9.70. The SMILES string of the molecule is CCN(Cc1ccncc1)C(=O)Cc1ccccc1O. The zero-order chi connectivity index (χ0) is 14.4. The molecule has 0 radical (unpaired) electrons. The van der Waals surface area contributed by atoms with Crippen LogP contribution in [0, 0.1) is 0 Å². The summed E-state index contributed by atoms with van der Waals surface area (Å²) in [5.41, 5.74) is 1.71. The van der Waals surface area contributed by atoms with Crippen LogP contribution in [0.25, 0.3) is 0 Å². The number of aromatic hydroxyl groups is 1. The molecule has 1 aromatic carbocycles. The normalized spacial score (nSPS) is 10.2. The Morgan fingerprint density at radius 1 is 1.20 bits per heavy atom. The molecule has 0 saturated carbocycles. The van der Waals surface area contributed by atoms with Crippen LogP contribution in [0.1, 0.15) is 18.1 Å². The van der Waals surface area contributed by atoms with E-state index in [1.165, 1.54) is 0 Å². The van der Waals surface area contributed by atoms with E-state index in [0.717, 1.165) is 5.56 Å². The van der Waals surface area contributed by atoms with E-state index in [1.807, 2.05) is 25.1 Å². The largest absolute Gasteiger partial charge is 0.508 e. The van der Waals surface area contributed by atoms with Crippen LogP contribution < -0.4 is 0 Å². The summed E-state index contributed by atoms with van der Waals surface area (Å²) in [5.74, 6) is 0.173. The molecule has 0 aliphatic carbocycles. The van der Waals surface area contributed by atoms with Crippen molar-refractivity contribution in [3.05, 3.63) is 59.9 Å². The lowest BCUT2D eigenvalue weighted by molar-refractivity contribution is -0.130. The quantitative estimate of drug-likeness (QED) is 0.907. The molecule has 20 heavy (non-hydrogen) atoms. The molecule has 1 amide bonds. The molecule has 104 valence electrons. The number of amides is 1. The van der Waals surface area contributed by atoms with Gasteiger partial charge in [0, 0.05) is 31.0 Å². The maximum atomic E-state index is 12.3. The molecule has 0 aliphatic heterocycles. The monoisotopic (exact) mass is 270 g/mol. The minimum absolute atomic E-state index is 0.00538. The number of pyridine rings is 1. The molecule has 0 spiro atoms. The van der Waals surface area contributed by atoms with E-state index in [2.05, 4.69) is 4.98 Å². The Balaban J connectivity index is 2.04. The first kappa shape index (κ1) is 14.1. The second kappa shape index (κ2) is 6.70. The summed E-state index contributed by atoms with van der Waals surface area (Å²) < 4.78 is 0. The van der Waals surface area contributed by atoms with Gasteiger partial charge in [0.25, 0.3) is 0 Å². The van der Waals surface area contributed by atoms with E-state index >= 15 is 0 Å². The van der Waals surface area contributed by atoms with Crippen LogP contribution in [0.5, 0.6) is 5.75 Å². The van der Waals surface area contributed by atoms with Gasteiger partial charge < -0.3 is 10.0 Å². The molecule has 0 atom stereocenters. The van der Waals surface area contributed by atoms with Crippen molar-refractivity contribution in [1.29, 1.82) is 0 Å². The zero-order valence-corrected chi connectivity index (χ0v) is 11.5. The lowest BCUT2D eigenvalue weighted by Gasteiger charge is -2.21. The van der Waals surface area contributed by atoms with Crippen LogP contribution in [0.15, 0.2) is 48.8 Å². The molecule has 2 rings (SSSR count). The van der Waals surface area contributed by atoms with Crippen molar-refractivity contribution in [1.82, 2.24) is 9.88 Å². The van der Waals surface area contributed by atoms with E-state index in [9.17, 15) is 9.90 Å². The molecule has 0 bridgehead atoms. The first-order valence-corrected chi connectivity index (χ1v) is 6.64. The highest BCUT2D eigenvalue weighted by Gasteiger charge is 2.14. The van der Waals surface area contributed by atoms with Crippen molar-refractivity contribution in [2.24, 2.45) is 0 Å². The molecule has 1 aromatic heterocycles. The molecule has 1 heterocycles. The number of phenols is 1. The van der Waals surface area contributed by atoms with Gasteiger partial charge in [0.2, 0.25) is 5.91 Å². The van der Waals surface area contributed by atoms with Crippen LogP contribution in [0.3, 0.4) is 0 Å². The van der Waals surface area contributed by atoms with Gasteiger partial charge in [-0.05, 0) is 30.7 Å². The van der Waals surface area contributed by atoms with Crippen molar-refractivity contribution in [2.75, 3.05) is 6.54 Å². The third-order valence-corrected chi connectivity index (χ3v) is 3.19. The van der Waals surface area contributed by atoms with Crippen LogP contribution in [0.2, 0.25) is 0 Å². The summed E-state index contributed by atoms with van der Waals surface area (Å²) in [5, 5.41) is 9.72. The van der Waals surface area contributed by atoms with Gasteiger partial charge in [-0.15, -0.1) is 0 Å². The number of nitrogens with zero attached hydrogens (tertiary/aromatic N) is 2. The third-order valence-electron chi connectivity index (χ3n) is 3.19. The number of likely N-dealkylation sites (N-methyl/N-ethyl adjacent to an activating group) is 1. The van der Waals surface area contributed by atoms with E-state index < -0.39 is 0 Å². The Bertz CT molecular complexity index is 570. The molecule has 0 fully saturated rings.